The summed E-state index contributed by atoms with van der Waals surface area (Å²) in [6.45, 7) is 1.75. The Kier molecular flexibility index (Phi) is 4.95. The van der Waals surface area contributed by atoms with E-state index in [2.05, 4.69) is 10.1 Å². The van der Waals surface area contributed by atoms with Crippen molar-refractivity contribution < 1.29 is 19.4 Å². The molecule has 1 heterocycles. The molecule has 0 saturated carbocycles. The van der Waals surface area contributed by atoms with E-state index < -0.39 is 11.6 Å². The Bertz CT molecular complexity index is 647. The van der Waals surface area contributed by atoms with Gasteiger partial charge >= 0.3 is 5.97 Å². The lowest BCUT2D eigenvalue weighted by atomic mass is 10.0. The van der Waals surface area contributed by atoms with Crippen molar-refractivity contribution in [2.24, 2.45) is 0 Å². The van der Waals surface area contributed by atoms with E-state index in [-0.39, 0.29) is 12.5 Å². The predicted octanol–water partition coefficient (Wildman–Crippen LogP) is 2.17. The maximum atomic E-state index is 12.1. The van der Waals surface area contributed by atoms with Gasteiger partial charge in [0.2, 0.25) is 0 Å². The molecule has 5 nitrogen and oxygen atoms in total. The predicted molar refractivity (Wildman–Crippen MR) is 84.0 cm³/mol. The number of thiophene rings is 1. The maximum absolute atomic E-state index is 12.1. The molecule has 0 radical (unpaired) electrons. The molecule has 1 atom stereocenters. The zero-order valence-corrected chi connectivity index (χ0v) is 13.1. The SMILES string of the molecule is COC(=O)c1ccc(C(=O)NCC(C)(O)c2cccs2)cc1. The molecule has 0 aliphatic rings. The second-order valence-corrected chi connectivity index (χ2v) is 5.95. The molecule has 1 unspecified atom stereocenters. The molecule has 0 aliphatic carbocycles. The number of nitrogens with one attached hydrogen (secondary N) is 1. The van der Waals surface area contributed by atoms with Crippen molar-refractivity contribution in [2.75, 3.05) is 13.7 Å². The zero-order chi connectivity index (χ0) is 16.2. The zero-order valence-electron chi connectivity index (χ0n) is 12.3. The number of carbonyl (C=O) groups is 2. The summed E-state index contributed by atoms with van der Waals surface area (Å²) in [5, 5.41) is 14.9. The van der Waals surface area contributed by atoms with Crippen molar-refractivity contribution in [3.05, 3.63) is 57.8 Å². The van der Waals surface area contributed by atoms with Gasteiger partial charge in [-0.1, -0.05) is 6.07 Å². The fourth-order valence-corrected chi connectivity index (χ4v) is 2.69. The van der Waals surface area contributed by atoms with Gasteiger partial charge in [0.15, 0.2) is 0 Å². The lowest BCUT2D eigenvalue weighted by Crippen LogP contribution is -2.38. The molecule has 116 valence electrons. The molecule has 2 rings (SSSR count). The Morgan fingerprint density at radius 1 is 1.23 bits per heavy atom. The first kappa shape index (κ1) is 16.2. The number of hydrogen-bond acceptors (Lipinski definition) is 5. The van der Waals surface area contributed by atoms with Gasteiger partial charge in [-0.3, -0.25) is 4.79 Å². The third-order valence-corrected chi connectivity index (χ3v) is 4.34. The van der Waals surface area contributed by atoms with Crippen molar-refractivity contribution in [2.45, 2.75) is 12.5 Å². The fourth-order valence-electron chi connectivity index (χ4n) is 1.90. The highest BCUT2D eigenvalue weighted by Gasteiger charge is 2.25. The van der Waals surface area contributed by atoms with Crippen LogP contribution < -0.4 is 5.32 Å². The summed E-state index contributed by atoms with van der Waals surface area (Å²) in [5.74, 6) is -0.763. The first-order chi connectivity index (χ1) is 10.4. The number of aliphatic hydroxyl groups is 1. The van der Waals surface area contributed by atoms with Gasteiger partial charge in [0.1, 0.15) is 5.60 Å². The van der Waals surface area contributed by atoms with Crippen molar-refractivity contribution >= 4 is 23.2 Å². The van der Waals surface area contributed by atoms with Gasteiger partial charge in [0.25, 0.3) is 5.91 Å². The largest absolute Gasteiger partial charge is 0.465 e. The van der Waals surface area contributed by atoms with Gasteiger partial charge in [-0.2, -0.15) is 0 Å². The summed E-state index contributed by atoms with van der Waals surface area (Å²) >= 11 is 1.43. The number of rotatable bonds is 5. The van der Waals surface area contributed by atoms with Crippen molar-refractivity contribution in [1.82, 2.24) is 5.32 Å². The Morgan fingerprint density at radius 2 is 1.86 bits per heavy atom. The van der Waals surface area contributed by atoms with Crippen molar-refractivity contribution in [3.63, 3.8) is 0 Å². The quantitative estimate of drug-likeness (QED) is 0.828. The van der Waals surface area contributed by atoms with E-state index in [1.165, 1.54) is 30.6 Å². The first-order valence-electron chi connectivity index (χ1n) is 6.67. The summed E-state index contributed by atoms with van der Waals surface area (Å²) in [6.07, 6.45) is 0. The number of esters is 1. The third kappa shape index (κ3) is 3.72. The summed E-state index contributed by atoms with van der Waals surface area (Å²) in [5.41, 5.74) is -0.324. The average Bonchev–Trinajstić information content (AvgIpc) is 3.07. The van der Waals surface area contributed by atoms with Gasteiger partial charge in [0, 0.05) is 10.4 Å². The Balaban J connectivity index is 1.99. The van der Waals surface area contributed by atoms with Gasteiger partial charge < -0.3 is 15.2 Å². The van der Waals surface area contributed by atoms with Crippen LogP contribution in [0.15, 0.2) is 41.8 Å². The van der Waals surface area contributed by atoms with Gasteiger partial charge in [-0.05, 0) is 42.6 Å². The molecule has 2 aromatic rings. The molecule has 1 amide bonds. The van der Waals surface area contributed by atoms with Crippen LogP contribution in [0.5, 0.6) is 0 Å². The number of hydrogen-bond donors (Lipinski definition) is 2. The minimum Gasteiger partial charge on any atom is -0.465 e. The Hall–Kier alpha value is -2.18. The van der Waals surface area contributed by atoms with Crippen LogP contribution in [0.3, 0.4) is 0 Å². The van der Waals surface area contributed by atoms with E-state index in [1.54, 1.807) is 19.1 Å². The van der Waals surface area contributed by atoms with Crippen LogP contribution in [0.1, 0.15) is 32.5 Å². The number of methoxy groups -OCH3 is 1. The molecule has 1 aromatic heterocycles. The highest BCUT2D eigenvalue weighted by Crippen LogP contribution is 2.24. The van der Waals surface area contributed by atoms with Crippen LogP contribution in [-0.2, 0) is 10.3 Å². The van der Waals surface area contributed by atoms with Gasteiger partial charge in [-0.15, -0.1) is 11.3 Å². The van der Waals surface area contributed by atoms with Crippen LogP contribution in [0.25, 0.3) is 0 Å². The number of ether oxygens (including phenoxy) is 1. The lowest BCUT2D eigenvalue weighted by Gasteiger charge is -2.22. The molecular weight excluding hydrogens is 302 g/mol. The van der Waals surface area contributed by atoms with Crippen LogP contribution in [-0.4, -0.2) is 30.6 Å². The standard InChI is InChI=1S/C16H17NO4S/c1-16(20,13-4-3-9-22-13)10-17-14(18)11-5-7-12(8-6-11)15(19)21-2/h3-9,20H,10H2,1-2H3,(H,17,18). The van der Waals surface area contributed by atoms with E-state index in [9.17, 15) is 14.7 Å². The fraction of sp³-hybridized carbons (Fsp3) is 0.250. The molecule has 1 aromatic carbocycles. The molecule has 0 aliphatic heterocycles. The number of carbonyl (C=O) groups excluding carboxylic acids is 2. The summed E-state index contributed by atoms with van der Waals surface area (Å²) in [6, 6.07) is 9.81. The number of amides is 1. The molecule has 6 heteroatoms. The highest BCUT2D eigenvalue weighted by molar-refractivity contribution is 7.10. The van der Waals surface area contributed by atoms with E-state index in [1.807, 2.05) is 17.5 Å². The van der Waals surface area contributed by atoms with Crippen LogP contribution >= 0.6 is 11.3 Å². The van der Waals surface area contributed by atoms with Gasteiger partial charge in [-0.25, -0.2) is 4.79 Å². The second-order valence-electron chi connectivity index (χ2n) is 5.00. The molecule has 0 saturated heterocycles. The molecule has 0 fully saturated rings. The van der Waals surface area contributed by atoms with E-state index >= 15 is 0 Å². The summed E-state index contributed by atoms with van der Waals surface area (Å²) in [7, 11) is 1.30. The van der Waals surface area contributed by atoms with Crippen molar-refractivity contribution in [3.8, 4) is 0 Å². The van der Waals surface area contributed by atoms with E-state index in [4.69, 9.17) is 0 Å². The molecule has 0 spiro atoms. The first-order valence-corrected chi connectivity index (χ1v) is 7.55. The van der Waals surface area contributed by atoms with E-state index in [0.29, 0.717) is 11.1 Å². The highest BCUT2D eigenvalue weighted by atomic mass is 32.1. The molecule has 2 N–H and O–H groups in total. The maximum Gasteiger partial charge on any atom is 0.337 e. The summed E-state index contributed by atoms with van der Waals surface area (Å²) < 4.78 is 4.60. The third-order valence-electron chi connectivity index (χ3n) is 3.21. The molecular formula is C16H17NO4S. The van der Waals surface area contributed by atoms with Gasteiger partial charge in [0.05, 0.1) is 19.2 Å². The minimum atomic E-state index is -1.12. The Morgan fingerprint density at radius 3 is 2.41 bits per heavy atom. The summed E-state index contributed by atoms with van der Waals surface area (Å²) in [4.78, 5) is 24.2. The Labute approximate surface area is 132 Å². The topological polar surface area (TPSA) is 75.6 Å². The monoisotopic (exact) mass is 319 g/mol. The minimum absolute atomic E-state index is 0.102. The lowest BCUT2D eigenvalue weighted by molar-refractivity contribution is 0.0557. The molecule has 22 heavy (non-hydrogen) atoms. The van der Waals surface area contributed by atoms with Crippen LogP contribution in [0, 0.1) is 0 Å². The van der Waals surface area contributed by atoms with Crippen molar-refractivity contribution in [1.29, 1.82) is 0 Å². The second kappa shape index (κ2) is 6.72. The normalized spacial score (nSPS) is 13.2. The van der Waals surface area contributed by atoms with E-state index in [0.717, 1.165) is 4.88 Å². The number of benzene rings is 1. The average molecular weight is 319 g/mol. The molecule has 0 bridgehead atoms. The smallest absolute Gasteiger partial charge is 0.337 e. The van der Waals surface area contributed by atoms with Crippen LogP contribution in [0.4, 0.5) is 0 Å². The van der Waals surface area contributed by atoms with Crippen LogP contribution in [0.2, 0.25) is 0 Å².